The van der Waals surface area contributed by atoms with E-state index in [2.05, 4.69) is 58.1 Å². The number of aryl methyl sites for hydroxylation is 2. The van der Waals surface area contributed by atoms with E-state index >= 15 is 0 Å². The Morgan fingerprint density at radius 1 is 1.14 bits per heavy atom. The molecule has 5 nitrogen and oxygen atoms in total. The Hall–Kier alpha value is -2.43. The van der Waals surface area contributed by atoms with E-state index in [4.69, 9.17) is 0 Å². The summed E-state index contributed by atoms with van der Waals surface area (Å²) in [6.45, 7) is 5.23. The number of fused-ring (bicyclic) bond motifs is 1. The molecule has 0 fully saturated rings. The fourth-order valence-electron chi connectivity index (χ4n) is 2.56. The van der Waals surface area contributed by atoms with Crippen LogP contribution < -0.4 is 4.90 Å². The summed E-state index contributed by atoms with van der Waals surface area (Å²) < 4.78 is 1.79. The van der Waals surface area contributed by atoms with Gasteiger partial charge < -0.3 is 4.90 Å². The number of anilines is 2. The summed E-state index contributed by atoms with van der Waals surface area (Å²) in [5.41, 5.74) is 3.27. The van der Waals surface area contributed by atoms with E-state index in [1.54, 1.807) is 11.0 Å². The van der Waals surface area contributed by atoms with Crippen molar-refractivity contribution in [1.29, 1.82) is 0 Å². The molecule has 0 saturated carbocycles. The second kappa shape index (κ2) is 6.13. The van der Waals surface area contributed by atoms with Crippen molar-refractivity contribution >= 4 is 22.5 Å². The molecule has 3 aromatic rings. The van der Waals surface area contributed by atoms with E-state index in [9.17, 15) is 0 Å². The predicted octanol–water partition coefficient (Wildman–Crippen LogP) is 3.61. The third-order valence-electron chi connectivity index (χ3n) is 3.84. The lowest BCUT2D eigenvalue weighted by Crippen LogP contribution is -2.20. The quantitative estimate of drug-likeness (QED) is 0.721. The summed E-state index contributed by atoms with van der Waals surface area (Å²) in [7, 11) is 1.90. The predicted molar refractivity (Wildman–Crippen MR) is 89.4 cm³/mol. The van der Waals surface area contributed by atoms with Crippen molar-refractivity contribution in [2.75, 3.05) is 11.4 Å². The Morgan fingerprint density at radius 3 is 2.64 bits per heavy atom. The van der Waals surface area contributed by atoms with Crippen LogP contribution in [0.5, 0.6) is 0 Å². The van der Waals surface area contributed by atoms with E-state index in [1.165, 1.54) is 5.56 Å². The fraction of sp³-hybridized carbons (Fsp3) is 0.353. The highest BCUT2D eigenvalue weighted by molar-refractivity contribution is 5.89. The van der Waals surface area contributed by atoms with Crippen molar-refractivity contribution in [3.63, 3.8) is 0 Å². The van der Waals surface area contributed by atoms with Crippen LogP contribution >= 0.6 is 0 Å². The van der Waals surface area contributed by atoms with Crippen molar-refractivity contribution in [2.45, 2.75) is 26.7 Å². The van der Waals surface area contributed by atoms with Crippen molar-refractivity contribution in [3.05, 3.63) is 42.4 Å². The molecule has 0 saturated heterocycles. The molecule has 0 aliphatic heterocycles. The van der Waals surface area contributed by atoms with E-state index in [1.807, 2.05) is 13.2 Å². The van der Waals surface area contributed by atoms with Crippen molar-refractivity contribution < 1.29 is 0 Å². The standard InChI is InChI=1S/C17H21N5/c1-4-5-10-22(14-8-6-13(2)7-9-14)17-15-11-20-21(3)16(15)18-12-19-17/h6-9,11-12H,4-5,10H2,1-3H3. The number of hydrogen-bond donors (Lipinski definition) is 0. The molecule has 5 heteroatoms. The highest BCUT2D eigenvalue weighted by Crippen LogP contribution is 2.29. The van der Waals surface area contributed by atoms with Gasteiger partial charge in [-0.3, -0.25) is 4.68 Å². The SMILES string of the molecule is CCCCN(c1ccc(C)cc1)c1ncnc2c1cnn2C. The van der Waals surface area contributed by atoms with Crippen LogP contribution in [0.15, 0.2) is 36.8 Å². The van der Waals surface area contributed by atoms with Gasteiger partial charge in [0.15, 0.2) is 5.65 Å². The lowest BCUT2D eigenvalue weighted by molar-refractivity contribution is 0.777. The van der Waals surface area contributed by atoms with Crippen molar-refractivity contribution in [3.8, 4) is 0 Å². The summed E-state index contributed by atoms with van der Waals surface area (Å²) >= 11 is 0. The van der Waals surface area contributed by atoms with Crippen LogP contribution in [0.4, 0.5) is 11.5 Å². The lowest BCUT2D eigenvalue weighted by atomic mass is 10.2. The fourth-order valence-corrected chi connectivity index (χ4v) is 2.56. The van der Waals surface area contributed by atoms with Gasteiger partial charge in [0.2, 0.25) is 0 Å². The minimum atomic E-state index is 0.860. The monoisotopic (exact) mass is 295 g/mol. The number of rotatable bonds is 5. The van der Waals surface area contributed by atoms with Gasteiger partial charge in [0.05, 0.1) is 11.6 Å². The second-order valence-corrected chi connectivity index (χ2v) is 5.54. The molecule has 3 rings (SSSR count). The zero-order valence-corrected chi connectivity index (χ0v) is 13.3. The minimum absolute atomic E-state index is 0.860. The molecular formula is C17H21N5. The van der Waals surface area contributed by atoms with Gasteiger partial charge in [-0.25, -0.2) is 9.97 Å². The summed E-state index contributed by atoms with van der Waals surface area (Å²) in [6.07, 6.45) is 5.72. The zero-order valence-electron chi connectivity index (χ0n) is 13.3. The number of nitrogens with zero attached hydrogens (tertiary/aromatic N) is 5. The van der Waals surface area contributed by atoms with Gasteiger partial charge >= 0.3 is 0 Å². The zero-order chi connectivity index (χ0) is 15.5. The molecule has 0 spiro atoms. The van der Waals surface area contributed by atoms with Gasteiger partial charge in [-0.2, -0.15) is 5.10 Å². The minimum Gasteiger partial charge on any atom is -0.326 e. The summed E-state index contributed by atoms with van der Waals surface area (Å²) in [4.78, 5) is 11.1. The molecule has 22 heavy (non-hydrogen) atoms. The summed E-state index contributed by atoms with van der Waals surface area (Å²) in [6, 6.07) is 8.57. The topological polar surface area (TPSA) is 46.8 Å². The maximum absolute atomic E-state index is 4.53. The Bertz CT molecular complexity index is 760. The third-order valence-corrected chi connectivity index (χ3v) is 3.84. The number of benzene rings is 1. The maximum atomic E-state index is 4.53. The molecule has 114 valence electrons. The Kier molecular flexibility index (Phi) is 4.04. The molecule has 2 aromatic heterocycles. The number of aromatic nitrogens is 4. The first-order valence-corrected chi connectivity index (χ1v) is 7.67. The molecule has 0 aliphatic rings. The van der Waals surface area contributed by atoms with E-state index in [-0.39, 0.29) is 0 Å². The summed E-state index contributed by atoms with van der Waals surface area (Å²) in [5, 5.41) is 5.30. The van der Waals surface area contributed by atoms with Crippen molar-refractivity contribution in [2.24, 2.45) is 7.05 Å². The molecule has 0 amide bonds. The van der Waals surface area contributed by atoms with Gasteiger partial charge in [0, 0.05) is 19.3 Å². The van der Waals surface area contributed by atoms with Crippen LogP contribution in [-0.4, -0.2) is 26.3 Å². The van der Waals surface area contributed by atoms with Crippen molar-refractivity contribution in [1.82, 2.24) is 19.7 Å². The van der Waals surface area contributed by atoms with Gasteiger partial charge in [-0.05, 0) is 25.5 Å². The van der Waals surface area contributed by atoms with Gasteiger partial charge in [-0.1, -0.05) is 31.0 Å². The third kappa shape index (κ3) is 2.66. The lowest BCUT2D eigenvalue weighted by Gasteiger charge is -2.24. The number of unbranched alkanes of at least 4 members (excludes halogenated alkanes) is 1. The molecule has 0 atom stereocenters. The Balaban J connectivity index is 2.09. The van der Waals surface area contributed by atoms with Gasteiger partial charge in [0.25, 0.3) is 0 Å². The maximum Gasteiger partial charge on any atom is 0.163 e. The molecule has 0 bridgehead atoms. The first-order chi connectivity index (χ1) is 10.7. The molecule has 0 radical (unpaired) electrons. The Labute approximate surface area is 130 Å². The molecular weight excluding hydrogens is 274 g/mol. The van der Waals surface area contributed by atoms with Crippen LogP contribution in [0.1, 0.15) is 25.3 Å². The second-order valence-electron chi connectivity index (χ2n) is 5.54. The first kappa shape index (κ1) is 14.5. The average Bonchev–Trinajstić information content (AvgIpc) is 2.92. The number of hydrogen-bond acceptors (Lipinski definition) is 4. The first-order valence-electron chi connectivity index (χ1n) is 7.67. The largest absolute Gasteiger partial charge is 0.326 e. The van der Waals surface area contributed by atoms with Crippen LogP contribution in [-0.2, 0) is 7.05 Å². The van der Waals surface area contributed by atoms with Gasteiger partial charge in [-0.15, -0.1) is 0 Å². The molecule has 2 heterocycles. The smallest absolute Gasteiger partial charge is 0.163 e. The Morgan fingerprint density at radius 2 is 1.91 bits per heavy atom. The van der Waals surface area contributed by atoms with E-state index in [0.29, 0.717) is 0 Å². The highest BCUT2D eigenvalue weighted by Gasteiger charge is 2.16. The van der Waals surface area contributed by atoms with E-state index in [0.717, 1.165) is 41.9 Å². The normalized spacial score (nSPS) is 11.0. The molecule has 1 aromatic carbocycles. The summed E-state index contributed by atoms with van der Waals surface area (Å²) in [5.74, 6) is 0.926. The van der Waals surface area contributed by atoms with Crippen LogP contribution in [0.3, 0.4) is 0 Å². The van der Waals surface area contributed by atoms with Crippen LogP contribution in [0.2, 0.25) is 0 Å². The average molecular weight is 295 g/mol. The molecule has 0 N–H and O–H groups in total. The molecule has 0 unspecified atom stereocenters. The van der Waals surface area contributed by atoms with E-state index < -0.39 is 0 Å². The highest BCUT2D eigenvalue weighted by atomic mass is 15.3. The molecule has 0 aliphatic carbocycles. The van der Waals surface area contributed by atoms with Crippen LogP contribution in [0.25, 0.3) is 11.0 Å². The van der Waals surface area contributed by atoms with Gasteiger partial charge in [0.1, 0.15) is 12.1 Å². The van der Waals surface area contributed by atoms with Crippen LogP contribution in [0, 0.1) is 6.92 Å².